The summed E-state index contributed by atoms with van der Waals surface area (Å²) in [6.45, 7) is 12.6. The van der Waals surface area contributed by atoms with Crippen LogP contribution in [0.5, 0.6) is 0 Å². The molecular formula is C20H33N. The third-order valence-electron chi connectivity index (χ3n) is 5.06. The molecule has 1 aliphatic rings. The van der Waals surface area contributed by atoms with Crippen LogP contribution >= 0.6 is 0 Å². The fourth-order valence-electron chi connectivity index (χ4n) is 3.58. The van der Waals surface area contributed by atoms with Gasteiger partial charge in [0.15, 0.2) is 0 Å². The summed E-state index contributed by atoms with van der Waals surface area (Å²) >= 11 is 0. The quantitative estimate of drug-likeness (QED) is 0.793. The van der Waals surface area contributed by atoms with Crippen molar-refractivity contribution in [2.75, 3.05) is 0 Å². The van der Waals surface area contributed by atoms with Gasteiger partial charge < -0.3 is 5.32 Å². The topological polar surface area (TPSA) is 12.0 Å². The number of hydrogen-bond donors (Lipinski definition) is 1. The molecule has 1 N–H and O–H groups in total. The lowest BCUT2D eigenvalue weighted by Gasteiger charge is -2.35. The lowest BCUT2D eigenvalue weighted by atomic mass is 9.78. The molecule has 1 aromatic rings. The van der Waals surface area contributed by atoms with Crippen molar-refractivity contribution >= 4 is 0 Å². The zero-order valence-electron chi connectivity index (χ0n) is 14.6. The van der Waals surface area contributed by atoms with Crippen LogP contribution in [0.1, 0.15) is 71.4 Å². The van der Waals surface area contributed by atoms with Gasteiger partial charge in [-0.05, 0) is 41.2 Å². The van der Waals surface area contributed by atoms with Crippen molar-refractivity contribution in [1.29, 1.82) is 0 Å². The van der Waals surface area contributed by atoms with Crippen LogP contribution in [0.15, 0.2) is 24.3 Å². The van der Waals surface area contributed by atoms with Crippen LogP contribution in [0.4, 0.5) is 0 Å². The molecule has 2 atom stereocenters. The van der Waals surface area contributed by atoms with Crippen LogP contribution in [-0.4, -0.2) is 6.04 Å². The Bertz CT molecular complexity index is 424. The third kappa shape index (κ3) is 4.57. The van der Waals surface area contributed by atoms with Gasteiger partial charge in [-0.3, -0.25) is 0 Å². The second kappa shape index (κ2) is 6.96. The van der Waals surface area contributed by atoms with E-state index in [0.29, 0.717) is 6.04 Å². The van der Waals surface area contributed by atoms with E-state index in [1.54, 1.807) is 0 Å². The average molecular weight is 287 g/mol. The summed E-state index contributed by atoms with van der Waals surface area (Å²) in [5.41, 5.74) is 3.08. The van der Waals surface area contributed by atoms with Gasteiger partial charge in [0, 0.05) is 12.6 Å². The van der Waals surface area contributed by atoms with E-state index in [9.17, 15) is 0 Å². The first-order valence-corrected chi connectivity index (χ1v) is 8.71. The second-order valence-electron chi connectivity index (χ2n) is 8.13. The number of benzene rings is 1. The maximum Gasteiger partial charge on any atom is 0.0208 e. The van der Waals surface area contributed by atoms with Gasteiger partial charge in [-0.2, -0.15) is 0 Å². The normalized spacial score (nSPS) is 23.5. The van der Waals surface area contributed by atoms with Crippen molar-refractivity contribution < 1.29 is 0 Å². The highest BCUT2D eigenvalue weighted by Gasteiger charge is 2.26. The zero-order chi connectivity index (χ0) is 15.5. The van der Waals surface area contributed by atoms with Crippen LogP contribution < -0.4 is 5.32 Å². The van der Waals surface area contributed by atoms with E-state index in [-0.39, 0.29) is 5.41 Å². The summed E-state index contributed by atoms with van der Waals surface area (Å²) in [5, 5.41) is 3.83. The summed E-state index contributed by atoms with van der Waals surface area (Å²) in [6.07, 6.45) is 5.56. The second-order valence-corrected chi connectivity index (χ2v) is 8.13. The Hall–Kier alpha value is -0.820. The summed E-state index contributed by atoms with van der Waals surface area (Å²) in [7, 11) is 0. The molecule has 0 heterocycles. The van der Waals surface area contributed by atoms with Crippen LogP contribution in [0.25, 0.3) is 0 Å². The van der Waals surface area contributed by atoms with E-state index in [1.165, 1.54) is 36.8 Å². The van der Waals surface area contributed by atoms with Crippen LogP contribution in [-0.2, 0) is 12.0 Å². The highest BCUT2D eigenvalue weighted by molar-refractivity contribution is 5.27. The molecule has 21 heavy (non-hydrogen) atoms. The SMILES string of the molecule is CC(C)C1CCCCC1NCc1ccc(C(C)(C)C)cc1. The molecular weight excluding hydrogens is 254 g/mol. The first-order valence-electron chi connectivity index (χ1n) is 8.71. The van der Waals surface area contributed by atoms with Gasteiger partial charge in [0.1, 0.15) is 0 Å². The van der Waals surface area contributed by atoms with Crippen molar-refractivity contribution in [3.63, 3.8) is 0 Å². The zero-order valence-corrected chi connectivity index (χ0v) is 14.6. The van der Waals surface area contributed by atoms with Crippen molar-refractivity contribution in [3.05, 3.63) is 35.4 Å². The molecule has 1 aliphatic carbocycles. The molecule has 0 saturated heterocycles. The minimum Gasteiger partial charge on any atom is -0.310 e. The van der Waals surface area contributed by atoms with E-state index in [1.807, 2.05) is 0 Å². The van der Waals surface area contributed by atoms with E-state index in [0.717, 1.165) is 18.4 Å². The van der Waals surface area contributed by atoms with Crippen molar-refractivity contribution in [2.45, 2.75) is 78.3 Å². The van der Waals surface area contributed by atoms with Crippen molar-refractivity contribution in [2.24, 2.45) is 11.8 Å². The first-order chi connectivity index (χ1) is 9.88. The fraction of sp³-hybridized carbons (Fsp3) is 0.700. The van der Waals surface area contributed by atoms with Crippen LogP contribution in [0.2, 0.25) is 0 Å². The van der Waals surface area contributed by atoms with Gasteiger partial charge in [-0.25, -0.2) is 0 Å². The highest BCUT2D eigenvalue weighted by atomic mass is 14.9. The Kier molecular flexibility index (Phi) is 5.48. The lowest BCUT2D eigenvalue weighted by Crippen LogP contribution is -2.40. The molecule has 1 aromatic carbocycles. The Balaban J connectivity index is 1.93. The molecule has 2 rings (SSSR count). The molecule has 1 saturated carbocycles. The summed E-state index contributed by atoms with van der Waals surface area (Å²) in [4.78, 5) is 0. The minimum atomic E-state index is 0.248. The van der Waals surface area contributed by atoms with Gasteiger partial charge in [0.05, 0.1) is 0 Å². The monoisotopic (exact) mass is 287 g/mol. The maximum atomic E-state index is 3.83. The van der Waals surface area contributed by atoms with E-state index in [4.69, 9.17) is 0 Å². The summed E-state index contributed by atoms with van der Waals surface area (Å²) in [5.74, 6) is 1.65. The Labute approximate surface area is 131 Å². The van der Waals surface area contributed by atoms with Crippen molar-refractivity contribution in [3.8, 4) is 0 Å². The van der Waals surface area contributed by atoms with Gasteiger partial charge in [0.25, 0.3) is 0 Å². The third-order valence-corrected chi connectivity index (χ3v) is 5.06. The molecule has 1 nitrogen and oxygen atoms in total. The molecule has 1 fully saturated rings. The van der Waals surface area contributed by atoms with Crippen molar-refractivity contribution in [1.82, 2.24) is 5.32 Å². The fourth-order valence-corrected chi connectivity index (χ4v) is 3.58. The molecule has 0 aliphatic heterocycles. The average Bonchev–Trinajstić information content (AvgIpc) is 2.45. The van der Waals surface area contributed by atoms with Gasteiger partial charge in [0.2, 0.25) is 0 Å². The number of rotatable bonds is 4. The summed E-state index contributed by atoms with van der Waals surface area (Å²) in [6, 6.07) is 9.87. The highest BCUT2D eigenvalue weighted by Crippen LogP contribution is 2.30. The lowest BCUT2D eigenvalue weighted by molar-refractivity contribution is 0.204. The Morgan fingerprint density at radius 2 is 1.67 bits per heavy atom. The molecule has 118 valence electrons. The van der Waals surface area contributed by atoms with Gasteiger partial charge in [-0.15, -0.1) is 0 Å². The molecule has 0 spiro atoms. The molecule has 1 heteroatoms. The standard InChI is InChI=1S/C20H33N/c1-15(2)18-8-6-7-9-19(18)21-14-16-10-12-17(13-11-16)20(3,4)5/h10-13,15,18-19,21H,6-9,14H2,1-5H3. The summed E-state index contributed by atoms with van der Waals surface area (Å²) < 4.78 is 0. The first kappa shape index (κ1) is 16.5. The van der Waals surface area contributed by atoms with Gasteiger partial charge in [-0.1, -0.05) is 71.7 Å². The Morgan fingerprint density at radius 3 is 2.24 bits per heavy atom. The number of nitrogens with one attached hydrogen (secondary N) is 1. The van der Waals surface area contributed by atoms with E-state index in [2.05, 4.69) is 64.2 Å². The van der Waals surface area contributed by atoms with Gasteiger partial charge >= 0.3 is 0 Å². The largest absolute Gasteiger partial charge is 0.310 e. The molecule has 0 amide bonds. The minimum absolute atomic E-state index is 0.248. The van der Waals surface area contributed by atoms with E-state index < -0.39 is 0 Å². The van der Waals surface area contributed by atoms with E-state index >= 15 is 0 Å². The molecule has 0 bridgehead atoms. The van der Waals surface area contributed by atoms with Crippen LogP contribution in [0, 0.1) is 11.8 Å². The smallest absolute Gasteiger partial charge is 0.0208 e. The molecule has 0 radical (unpaired) electrons. The predicted octanol–water partition coefficient (Wildman–Crippen LogP) is 5.29. The van der Waals surface area contributed by atoms with Crippen LogP contribution in [0.3, 0.4) is 0 Å². The molecule has 0 aromatic heterocycles. The predicted molar refractivity (Wildman–Crippen MR) is 92.6 cm³/mol. The molecule has 2 unspecified atom stereocenters. The maximum absolute atomic E-state index is 3.83. The number of hydrogen-bond acceptors (Lipinski definition) is 1. The Morgan fingerprint density at radius 1 is 1.05 bits per heavy atom.